The fourth-order valence-corrected chi connectivity index (χ4v) is 2.23. The van der Waals surface area contributed by atoms with Gasteiger partial charge in [0.05, 0.1) is 22.8 Å². The highest BCUT2D eigenvalue weighted by molar-refractivity contribution is 6.62. The zero-order chi connectivity index (χ0) is 13.4. The van der Waals surface area contributed by atoms with Gasteiger partial charge in [0.2, 0.25) is 0 Å². The average molecular weight is 243 g/mol. The molecule has 0 spiro atoms. The van der Waals surface area contributed by atoms with Crippen molar-refractivity contribution in [2.45, 2.75) is 45.3 Å². The number of hydrogen-bond donors (Lipinski definition) is 0. The number of hydrogen-bond acceptors (Lipinski definition) is 3. The fraction of sp³-hybridized carbons (Fsp3) is 0.500. The van der Waals surface area contributed by atoms with Crippen molar-refractivity contribution in [1.82, 2.24) is 0 Å². The Morgan fingerprint density at radius 1 is 1.22 bits per heavy atom. The van der Waals surface area contributed by atoms with E-state index in [0.29, 0.717) is 5.56 Å². The molecule has 94 valence electrons. The third kappa shape index (κ3) is 1.94. The van der Waals surface area contributed by atoms with E-state index < -0.39 is 7.12 Å². The van der Waals surface area contributed by atoms with Crippen LogP contribution in [-0.2, 0) is 9.31 Å². The zero-order valence-electron chi connectivity index (χ0n) is 11.4. The van der Waals surface area contributed by atoms with E-state index in [0.717, 1.165) is 11.9 Å². The minimum atomic E-state index is -0.458. The molecule has 0 bridgehead atoms. The summed E-state index contributed by atoms with van der Waals surface area (Å²) in [6, 6.07) is 9.61. The molecular weight excluding hydrogens is 225 g/mol. The first kappa shape index (κ1) is 13.1. The molecule has 1 saturated heterocycles. The summed E-state index contributed by atoms with van der Waals surface area (Å²) >= 11 is 0. The lowest BCUT2D eigenvalue weighted by Gasteiger charge is -2.35. The molecule has 1 atom stereocenters. The third-order valence-electron chi connectivity index (χ3n) is 4.05. The van der Waals surface area contributed by atoms with Gasteiger partial charge in [-0.1, -0.05) is 25.1 Å². The Kier molecular flexibility index (Phi) is 3.22. The summed E-state index contributed by atoms with van der Waals surface area (Å²) in [5.41, 5.74) is 0.721. The highest BCUT2D eigenvalue weighted by Gasteiger charge is 2.53. The van der Waals surface area contributed by atoms with E-state index in [1.165, 1.54) is 0 Å². The lowest BCUT2D eigenvalue weighted by atomic mass is 9.76. The monoisotopic (exact) mass is 243 g/mol. The molecule has 0 amide bonds. The summed E-state index contributed by atoms with van der Waals surface area (Å²) in [5.74, 6) is 0. The van der Waals surface area contributed by atoms with E-state index in [1.807, 2.05) is 32.0 Å². The smallest absolute Gasteiger partial charge is 0.399 e. The number of nitriles is 1. The maximum absolute atomic E-state index is 9.14. The minimum absolute atomic E-state index is 0.333. The van der Waals surface area contributed by atoms with E-state index in [2.05, 4.69) is 19.9 Å². The summed E-state index contributed by atoms with van der Waals surface area (Å²) < 4.78 is 12.1. The van der Waals surface area contributed by atoms with Gasteiger partial charge in [0.15, 0.2) is 0 Å². The second kappa shape index (κ2) is 4.42. The molecule has 1 fully saturated rings. The van der Waals surface area contributed by atoms with E-state index >= 15 is 0 Å². The van der Waals surface area contributed by atoms with Crippen molar-refractivity contribution >= 4 is 12.6 Å². The van der Waals surface area contributed by atoms with E-state index in [-0.39, 0.29) is 11.2 Å². The molecule has 0 aromatic heterocycles. The highest BCUT2D eigenvalue weighted by Crippen LogP contribution is 2.39. The molecule has 1 aromatic carbocycles. The Hall–Kier alpha value is -1.31. The van der Waals surface area contributed by atoms with Crippen LogP contribution in [0.25, 0.3) is 0 Å². The molecule has 0 radical (unpaired) electrons. The van der Waals surface area contributed by atoms with Crippen LogP contribution < -0.4 is 5.46 Å². The van der Waals surface area contributed by atoms with Gasteiger partial charge in [0.1, 0.15) is 0 Å². The van der Waals surface area contributed by atoms with Gasteiger partial charge in [-0.2, -0.15) is 5.26 Å². The second-order valence-electron chi connectivity index (χ2n) is 5.36. The largest absolute Gasteiger partial charge is 0.496 e. The Labute approximate surface area is 109 Å². The van der Waals surface area contributed by atoms with Crippen LogP contribution in [0.5, 0.6) is 0 Å². The lowest BCUT2D eigenvalue weighted by Crippen LogP contribution is -2.44. The highest BCUT2D eigenvalue weighted by atomic mass is 16.7. The van der Waals surface area contributed by atoms with Gasteiger partial charge in [-0.05, 0) is 33.3 Å². The van der Waals surface area contributed by atoms with Crippen LogP contribution in [0.15, 0.2) is 24.3 Å². The van der Waals surface area contributed by atoms with Crippen LogP contribution in [0.4, 0.5) is 0 Å². The van der Waals surface area contributed by atoms with E-state index in [9.17, 15) is 0 Å². The third-order valence-corrected chi connectivity index (χ3v) is 4.05. The molecule has 1 aromatic rings. The molecule has 4 heteroatoms. The first-order valence-corrected chi connectivity index (χ1v) is 6.28. The molecule has 0 N–H and O–H groups in total. The van der Waals surface area contributed by atoms with Crippen LogP contribution >= 0.6 is 0 Å². The second-order valence-corrected chi connectivity index (χ2v) is 5.36. The Bertz CT molecular complexity index is 495. The van der Waals surface area contributed by atoms with Crippen molar-refractivity contribution in [1.29, 1.82) is 5.26 Å². The molecule has 2 rings (SSSR count). The van der Waals surface area contributed by atoms with Gasteiger partial charge in [0.25, 0.3) is 0 Å². The quantitative estimate of drug-likeness (QED) is 0.748. The first-order valence-electron chi connectivity index (χ1n) is 6.28. The fourth-order valence-electron chi connectivity index (χ4n) is 2.23. The number of benzene rings is 1. The lowest BCUT2D eigenvalue weighted by molar-refractivity contribution is -0.0118. The topological polar surface area (TPSA) is 42.2 Å². The van der Waals surface area contributed by atoms with Crippen molar-refractivity contribution < 1.29 is 9.31 Å². The van der Waals surface area contributed by atoms with Crippen molar-refractivity contribution in [3.05, 3.63) is 29.8 Å². The normalized spacial score (nSPS) is 26.1. The molecule has 1 unspecified atom stereocenters. The summed E-state index contributed by atoms with van der Waals surface area (Å²) in [6.45, 7) is 8.21. The Morgan fingerprint density at radius 3 is 2.44 bits per heavy atom. The van der Waals surface area contributed by atoms with Gasteiger partial charge in [-0.15, -0.1) is 0 Å². The van der Waals surface area contributed by atoms with Gasteiger partial charge in [-0.3, -0.25) is 0 Å². The summed E-state index contributed by atoms with van der Waals surface area (Å²) in [6.07, 6.45) is 0.866. The Morgan fingerprint density at radius 2 is 1.89 bits per heavy atom. The van der Waals surface area contributed by atoms with Crippen LogP contribution in [0.2, 0.25) is 0 Å². The van der Waals surface area contributed by atoms with Crippen LogP contribution in [0, 0.1) is 11.3 Å². The van der Waals surface area contributed by atoms with E-state index in [4.69, 9.17) is 14.6 Å². The van der Waals surface area contributed by atoms with Gasteiger partial charge in [0, 0.05) is 5.46 Å². The van der Waals surface area contributed by atoms with Crippen molar-refractivity contribution in [3.63, 3.8) is 0 Å². The number of nitrogens with zero attached hydrogens (tertiary/aromatic N) is 1. The maximum atomic E-state index is 9.14. The van der Waals surface area contributed by atoms with Gasteiger partial charge < -0.3 is 9.31 Å². The predicted molar refractivity (Wildman–Crippen MR) is 71.5 cm³/mol. The molecule has 0 saturated carbocycles. The summed E-state index contributed by atoms with van der Waals surface area (Å²) in [7, 11) is -0.458. The standard InChI is InChI=1S/C14H18BNO2/c1-5-14(4)13(2,3)17-15(18-14)12-9-7-6-8-11(12)10-16/h6-9H,5H2,1-4H3. The molecule has 3 nitrogen and oxygen atoms in total. The molecule has 1 aliphatic heterocycles. The van der Waals surface area contributed by atoms with E-state index in [1.54, 1.807) is 6.07 Å². The Balaban J connectivity index is 2.36. The zero-order valence-corrected chi connectivity index (χ0v) is 11.4. The van der Waals surface area contributed by atoms with Crippen molar-refractivity contribution in [2.75, 3.05) is 0 Å². The molecule has 1 heterocycles. The van der Waals surface area contributed by atoms with Gasteiger partial charge in [-0.25, -0.2) is 0 Å². The molecular formula is C14H18BNO2. The average Bonchev–Trinajstić information content (AvgIpc) is 2.61. The van der Waals surface area contributed by atoms with Crippen LogP contribution in [0.1, 0.15) is 39.7 Å². The number of rotatable bonds is 2. The maximum Gasteiger partial charge on any atom is 0.496 e. The van der Waals surface area contributed by atoms with Crippen molar-refractivity contribution in [3.8, 4) is 6.07 Å². The van der Waals surface area contributed by atoms with Crippen LogP contribution in [-0.4, -0.2) is 18.3 Å². The minimum Gasteiger partial charge on any atom is -0.399 e. The molecule has 1 aliphatic rings. The summed E-state index contributed by atoms with van der Waals surface area (Å²) in [5, 5.41) is 9.14. The van der Waals surface area contributed by atoms with Gasteiger partial charge >= 0.3 is 7.12 Å². The SMILES string of the molecule is CCC1(C)OB(c2ccccc2C#N)OC1(C)C. The predicted octanol–water partition coefficient (Wildman–Crippen LogP) is 2.25. The van der Waals surface area contributed by atoms with Crippen LogP contribution in [0.3, 0.4) is 0 Å². The first-order chi connectivity index (χ1) is 8.43. The summed E-state index contributed by atoms with van der Waals surface area (Å²) in [4.78, 5) is 0. The molecule has 0 aliphatic carbocycles. The van der Waals surface area contributed by atoms with Crippen molar-refractivity contribution in [2.24, 2.45) is 0 Å². The molecule has 18 heavy (non-hydrogen) atoms.